The Bertz CT molecular complexity index is 271. The Kier molecular flexibility index (Phi) is 4.55. The largest absolute Gasteiger partial charge is 0.393 e. The van der Waals surface area contributed by atoms with Gasteiger partial charge in [-0.1, -0.05) is 20.8 Å². The second-order valence-corrected chi connectivity index (χ2v) is 6.38. The molecular formula is C13H26N2O2. The number of aliphatic hydroxyl groups excluding tert-OH is 1. The molecule has 100 valence electrons. The predicted octanol–water partition coefficient (Wildman–Crippen LogP) is 0.850. The maximum atomic E-state index is 11.9. The molecule has 0 saturated carbocycles. The maximum Gasteiger partial charge on any atom is 0.225 e. The van der Waals surface area contributed by atoms with Gasteiger partial charge in [-0.3, -0.25) is 4.79 Å². The van der Waals surface area contributed by atoms with Crippen LogP contribution in [0.5, 0.6) is 0 Å². The molecule has 0 aliphatic carbocycles. The quantitative estimate of drug-likeness (QED) is 0.755. The zero-order valence-corrected chi connectivity index (χ0v) is 11.7. The molecule has 1 aliphatic rings. The van der Waals surface area contributed by atoms with Crippen molar-refractivity contribution in [2.75, 3.05) is 20.1 Å². The average Bonchev–Trinajstić information content (AvgIpc) is 2.14. The number of nitrogens with one attached hydrogen (secondary N) is 1. The Morgan fingerprint density at radius 1 is 1.41 bits per heavy atom. The van der Waals surface area contributed by atoms with E-state index in [0.717, 1.165) is 19.5 Å². The van der Waals surface area contributed by atoms with Gasteiger partial charge in [0.25, 0.3) is 0 Å². The summed E-state index contributed by atoms with van der Waals surface area (Å²) in [4.78, 5) is 14.1. The minimum Gasteiger partial charge on any atom is -0.393 e. The number of likely N-dealkylation sites (tertiary alicyclic amines) is 1. The van der Waals surface area contributed by atoms with Crippen molar-refractivity contribution in [3.05, 3.63) is 0 Å². The van der Waals surface area contributed by atoms with Gasteiger partial charge in [0.15, 0.2) is 0 Å². The van der Waals surface area contributed by atoms with Gasteiger partial charge in [-0.05, 0) is 26.3 Å². The molecule has 17 heavy (non-hydrogen) atoms. The van der Waals surface area contributed by atoms with Gasteiger partial charge in [-0.25, -0.2) is 0 Å². The number of amides is 1. The monoisotopic (exact) mass is 242 g/mol. The minimum atomic E-state index is -0.351. The van der Waals surface area contributed by atoms with Gasteiger partial charge in [-0.2, -0.15) is 0 Å². The van der Waals surface area contributed by atoms with Crippen LogP contribution in [0.15, 0.2) is 0 Å². The Hall–Kier alpha value is -0.610. The molecule has 4 nitrogen and oxygen atoms in total. The van der Waals surface area contributed by atoms with E-state index in [4.69, 9.17) is 0 Å². The Balaban J connectivity index is 2.57. The third-order valence-corrected chi connectivity index (χ3v) is 3.36. The molecule has 3 unspecified atom stereocenters. The molecule has 0 radical (unpaired) electrons. The highest BCUT2D eigenvalue weighted by atomic mass is 16.3. The molecular weight excluding hydrogens is 216 g/mol. The van der Waals surface area contributed by atoms with Crippen LogP contribution in [0.1, 0.15) is 34.1 Å². The molecule has 4 heteroatoms. The van der Waals surface area contributed by atoms with E-state index < -0.39 is 0 Å². The Labute approximate surface area is 104 Å². The summed E-state index contributed by atoms with van der Waals surface area (Å²) in [5, 5.41) is 12.7. The average molecular weight is 242 g/mol. The lowest BCUT2D eigenvalue weighted by Crippen LogP contribution is -2.53. The SMILES string of the molecule is CC(O)C1CC(NC(=O)C(C)(C)C)CN(C)C1. The van der Waals surface area contributed by atoms with E-state index in [2.05, 4.69) is 10.2 Å². The first-order chi connectivity index (χ1) is 7.70. The number of hydrogen-bond acceptors (Lipinski definition) is 3. The van der Waals surface area contributed by atoms with Crippen molar-refractivity contribution in [3.8, 4) is 0 Å². The van der Waals surface area contributed by atoms with Gasteiger partial charge in [0, 0.05) is 24.5 Å². The molecule has 1 amide bonds. The molecule has 2 N–H and O–H groups in total. The van der Waals surface area contributed by atoms with E-state index in [1.807, 2.05) is 34.7 Å². The second kappa shape index (κ2) is 5.36. The van der Waals surface area contributed by atoms with E-state index in [9.17, 15) is 9.90 Å². The smallest absolute Gasteiger partial charge is 0.225 e. The van der Waals surface area contributed by atoms with Crippen molar-refractivity contribution < 1.29 is 9.90 Å². The Morgan fingerprint density at radius 3 is 2.47 bits per heavy atom. The van der Waals surface area contributed by atoms with E-state index in [0.29, 0.717) is 0 Å². The maximum absolute atomic E-state index is 11.9. The summed E-state index contributed by atoms with van der Waals surface area (Å²) in [5.74, 6) is 0.334. The van der Waals surface area contributed by atoms with Crippen LogP contribution in [0.25, 0.3) is 0 Å². The van der Waals surface area contributed by atoms with Crippen molar-refractivity contribution >= 4 is 5.91 Å². The molecule has 0 aromatic rings. The fourth-order valence-corrected chi connectivity index (χ4v) is 2.22. The predicted molar refractivity (Wildman–Crippen MR) is 68.7 cm³/mol. The summed E-state index contributed by atoms with van der Waals surface area (Å²) in [6, 6.07) is 0.153. The number of likely N-dealkylation sites (N-methyl/N-ethyl adjacent to an activating group) is 1. The Morgan fingerprint density at radius 2 is 2.00 bits per heavy atom. The lowest BCUT2D eigenvalue weighted by atomic mass is 9.89. The molecule has 0 aromatic heterocycles. The van der Waals surface area contributed by atoms with Crippen molar-refractivity contribution in [1.82, 2.24) is 10.2 Å². The standard InChI is InChI=1S/C13H26N2O2/c1-9(16)10-6-11(8-15(5)7-10)14-12(17)13(2,3)4/h9-11,16H,6-8H2,1-5H3,(H,14,17). The highest BCUT2D eigenvalue weighted by molar-refractivity contribution is 5.81. The molecule has 0 bridgehead atoms. The van der Waals surface area contributed by atoms with E-state index in [-0.39, 0.29) is 29.4 Å². The van der Waals surface area contributed by atoms with Crippen LogP contribution in [-0.4, -0.2) is 48.2 Å². The summed E-state index contributed by atoms with van der Waals surface area (Å²) in [6.45, 7) is 9.35. The summed E-state index contributed by atoms with van der Waals surface area (Å²) in [6.07, 6.45) is 0.552. The first-order valence-corrected chi connectivity index (χ1v) is 6.37. The van der Waals surface area contributed by atoms with E-state index >= 15 is 0 Å². The van der Waals surface area contributed by atoms with Crippen LogP contribution < -0.4 is 5.32 Å². The lowest BCUT2D eigenvalue weighted by molar-refractivity contribution is -0.129. The molecule has 1 saturated heterocycles. The number of carbonyl (C=O) groups excluding carboxylic acids is 1. The third kappa shape index (κ3) is 4.28. The van der Waals surface area contributed by atoms with Crippen LogP contribution in [0.4, 0.5) is 0 Å². The number of carbonyl (C=O) groups is 1. The molecule has 1 rings (SSSR count). The normalized spacial score (nSPS) is 28.8. The van der Waals surface area contributed by atoms with Gasteiger partial charge in [-0.15, -0.1) is 0 Å². The lowest BCUT2D eigenvalue weighted by Gasteiger charge is -2.38. The number of hydrogen-bond donors (Lipinski definition) is 2. The van der Waals surface area contributed by atoms with Gasteiger partial charge < -0.3 is 15.3 Å². The van der Waals surface area contributed by atoms with Gasteiger partial charge >= 0.3 is 0 Å². The molecule has 0 spiro atoms. The molecule has 1 heterocycles. The fourth-order valence-electron chi connectivity index (χ4n) is 2.22. The fraction of sp³-hybridized carbons (Fsp3) is 0.923. The van der Waals surface area contributed by atoms with Crippen molar-refractivity contribution in [2.45, 2.75) is 46.3 Å². The molecule has 1 aliphatic heterocycles. The summed E-state index contributed by atoms with van der Waals surface area (Å²) in [7, 11) is 2.03. The molecule has 1 fully saturated rings. The van der Waals surface area contributed by atoms with Crippen LogP contribution in [0, 0.1) is 11.3 Å². The first kappa shape index (κ1) is 14.5. The van der Waals surface area contributed by atoms with Crippen molar-refractivity contribution in [2.24, 2.45) is 11.3 Å². The summed E-state index contributed by atoms with van der Waals surface area (Å²) < 4.78 is 0. The second-order valence-electron chi connectivity index (χ2n) is 6.38. The topological polar surface area (TPSA) is 52.6 Å². The third-order valence-electron chi connectivity index (χ3n) is 3.36. The van der Waals surface area contributed by atoms with Crippen molar-refractivity contribution in [3.63, 3.8) is 0 Å². The molecule has 3 atom stereocenters. The van der Waals surface area contributed by atoms with Gasteiger partial charge in [0.2, 0.25) is 5.91 Å². The van der Waals surface area contributed by atoms with Crippen LogP contribution in [0.3, 0.4) is 0 Å². The van der Waals surface area contributed by atoms with E-state index in [1.54, 1.807) is 0 Å². The number of rotatable bonds is 2. The first-order valence-electron chi connectivity index (χ1n) is 6.37. The summed E-state index contributed by atoms with van der Waals surface area (Å²) in [5.41, 5.74) is -0.351. The van der Waals surface area contributed by atoms with E-state index in [1.165, 1.54) is 0 Å². The molecule has 0 aromatic carbocycles. The van der Waals surface area contributed by atoms with Crippen molar-refractivity contribution in [1.29, 1.82) is 0 Å². The minimum absolute atomic E-state index is 0.0853. The van der Waals surface area contributed by atoms with Crippen LogP contribution in [0.2, 0.25) is 0 Å². The van der Waals surface area contributed by atoms with Gasteiger partial charge in [0.1, 0.15) is 0 Å². The summed E-state index contributed by atoms with van der Waals surface area (Å²) >= 11 is 0. The zero-order chi connectivity index (χ0) is 13.2. The van der Waals surface area contributed by atoms with Crippen LogP contribution >= 0.6 is 0 Å². The number of nitrogens with zero attached hydrogens (tertiary/aromatic N) is 1. The number of piperidine rings is 1. The highest BCUT2D eigenvalue weighted by Crippen LogP contribution is 2.21. The van der Waals surface area contributed by atoms with Gasteiger partial charge in [0.05, 0.1) is 6.10 Å². The highest BCUT2D eigenvalue weighted by Gasteiger charge is 2.31. The zero-order valence-electron chi connectivity index (χ0n) is 11.7. The van der Waals surface area contributed by atoms with Crippen LogP contribution in [-0.2, 0) is 4.79 Å². The number of aliphatic hydroxyl groups is 1.